The van der Waals surface area contributed by atoms with Gasteiger partial charge in [0.2, 0.25) is 17.7 Å². The van der Waals surface area contributed by atoms with Crippen molar-refractivity contribution < 1.29 is 29.0 Å². The highest BCUT2D eigenvalue weighted by Gasteiger charge is 2.44. The number of nitrogens with one attached hydrogen (secondary N) is 2. The van der Waals surface area contributed by atoms with Gasteiger partial charge in [0.15, 0.2) is 0 Å². The highest BCUT2D eigenvalue weighted by molar-refractivity contribution is 5.93. The van der Waals surface area contributed by atoms with Crippen LogP contribution in [0.1, 0.15) is 84.2 Å². The van der Waals surface area contributed by atoms with E-state index in [1.807, 2.05) is 0 Å². The molecule has 1 aromatic carbocycles. The summed E-state index contributed by atoms with van der Waals surface area (Å²) in [6.45, 7) is 7.61. The molecular formula is C26H40N4O6. The standard InChI is InChI=1S/C26H40N4O6/c1-5-6-7-15-28-23(33)22(17-9-8-10-19(31)16-17)30(18-11-12-18)24(34)20(13-14-21(27)32)29-25(35)36-26(2,3)4/h8-10,16,18,20,22,31H,5-7,11-15H2,1-4H3,(H2,27,32)(H,28,33)(H,29,35). The van der Waals surface area contributed by atoms with Crippen molar-refractivity contribution in [1.29, 1.82) is 0 Å². The number of carbonyl (C=O) groups excluding carboxylic acids is 4. The fourth-order valence-electron chi connectivity index (χ4n) is 3.86. The zero-order chi connectivity index (χ0) is 26.9. The number of phenols is 1. The van der Waals surface area contributed by atoms with Gasteiger partial charge in [0.25, 0.3) is 0 Å². The molecule has 4 amide bonds. The molecule has 1 aliphatic carbocycles. The van der Waals surface area contributed by atoms with E-state index in [0.717, 1.165) is 19.3 Å². The summed E-state index contributed by atoms with van der Waals surface area (Å²) in [6.07, 6.45) is 3.16. The van der Waals surface area contributed by atoms with E-state index in [9.17, 15) is 24.3 Å². The molecule has 0 aromatic heterocycles. The number of unbranched alkanes of at least 4 members (excludes halogenated alkanes) is 2. The van der Waals surface area contributed by atoms with Crippen molar-refractivity contribution >= 4 is 23.8 Å². The minimum atomic E-state index is -1.12. The van der Waals surface area contributed by atoms with Gasteiger partial charge < -0.3 is 31.1 Å². The maximum atomic E-state index is 13.9. The lowest BCUT2D eigenvalue weighted by Gasteiger charge is -2.34. The average molecular weight is 505 g/mol. The number of amides is 4. The van der Waals surface area contributed by atoms with Gasteiger partial charge >= 0.3 is 6.09 Å². The van der Waals surface area contributed by atoms with Crippen LogP contribution in [0, 0.1) is 0 Å². The molecule has 0 aliphatic heterocycles. The molecule has 0 spiro atoms. The first kappa shape index (κ1) is 28.9. The number of alkyl carbamates (subject to hydrolysis) is 1. The largest absolute Gasteiger partial charge is 0.508 e. The lowest BCUT2D eigenvalue weighted by atomic mass is 10.0. The Morgan fingerprint density at radius 2 is 1.89 bits per heavy atom. The highest BCUT2D eigenvalue weighted by atomic mass is 16.6. The van der Waals surface area contributed by atoms with Crippen LogP contribution in [0.4, 0.5) is 4.79 Å². The number of benzene rings is 1. The number of hydrogen-bond acceptors (Lipinski definition) is 6. The van der Waals surface area contributed by atoms with Gasteiger partial charge in [-0.25, -0.2) is 4.79 Å². The van der Waals surface area contributed by atoms with Crippen LogP contribution in [0.3, 0.4) is 0 Å². The van der Waals surface area contributed by atoms with E-state index in [1.165, 1.54) is 17.0 Å². The molecule has 2 atom stereocenters. The normalized spacial score (nSPS) is 14.9. The smallest absolute Gasteiger partial charge is 0.408 e. The number of hydrogen-bond donors (Lipinski definition) is 4. The van der Waals surface area contributed by atoms with Gasteiger partial charge in [0, 0.05) is 19.0 Å². The maximum absolute atomic E-state index is 13.9. The topological polar surface area (TPSA) is 151 Å². The zero-order valence-corrected chi connectivity index (χ0v) is 21.7. The molecule has 0 saturated heterocycles. The third-order valence-corrected chi connectivity index (χ3v) is 5.66. The Kier molecular flexibility index (Phi) is 10.6. The Morgan fingerprint density at radius 1 is 1.19 bits per heavy atom. The molecule has 1 aromatic rings. The van der Waals surface area contributed by atoms with E-state index in [0.29, 0.717) is 24.9 Å². The summed E-state index contributed by atoms with van der Waals surface area (Å²) >= 11 is 0. The van der Waals surface area contributed by atoms with Gasteiger partial charge in [-0.15, -0.1) is 0 Å². The molecule has 200 valence electrons. The number of aromatic hydroxyl groups is 1. The van der Waals surface area contributed by atoms with Crippen LogP contribution in [-0.2, 0) is 19.1 Å². The maximum Gasteiger partial charge on any atom is 0.408 e. The second-order valence-corrected chi connectivity index (χ2v) is 10.2. The minimum Gasteiger partial charge on any atom is -0.508 e. The van der Waals surface area contributed by atoms with Crippen LogP contribution in [0.25, 0.3) is 0 Å². The minimum absolute atomic E-state index is 0.0309. The summed E-state index contributed by atoms with van der Waals surface area (Å²) in [4.78, 5) is 52.8. The predicted octanol–water partition coefficient (Wildman–Crippen LogP) is 2.89. The summed E-state index contributed by atoms with van der Waals surface area (Å²) in [6, 6.07) is 3.87. The van der Waals surface area contributed by atoms with Crippen molar-refractivity contribution in [1.82, 2.24) is 15.5 Å². The average Bonchev–Trinajstić information content (AvgIpc) is 3.61. The number of nitrogens with zero attached hydrogens (tertiary/aromatic N) is 1. The first-order chi connectivity index (χ1) is 16.9. The molecule has 1 aliphatic rings. The van der Waals surface area contributed by atoms with Crippen molar-refractivity contribution in [2.45, 2.75) is 96.4 Å². The molecule has 0 radical (unpaired) electrons. The molecule has 0 bridgehead atoms. The predicted molar refractivity (Wildman–Crippen MR) is 135 cm³/mol. The zero-order valence-electron chi connectivity index (χ0n) is 21.7. The summed E-state index contributed by atoms with van der Waals surface area (Å²) in [5, 5.41) is 15.6. The first-order valence-corrected chi connectivity index (χ1v) is 12.6. The molecule has 2 unspecified atom stereocenters. The van der Waals surface area contributed by atoms with E-state index >= 15 is 0 Å². The fourth-order valence-corrected chi connectivity index (χ4v) is 3.86. The quantitative estimate of drug-likeness (QED) is 0.303. The van der Waals surface area contributed by atoms with Crippen LogP contribution >= 0.6 is 0 Å². The Hall–Kier alpha value is -3.30. The molecule has 1 saturated carbocycles. The number of rotatable bonds is 13. The molecule has 10 nitrogen and oxygen atoms in total. The number of nitrogens with two attached hydrogens (primary N) is 1. The van der Waals surface area contributed by atoms with Crippen molar-refractivity contribution in [2.24, 2.45) is 5.73 Å². The van der Waals surface area contributed by atoms with Crippen LogP contribution in [0.15, 0.2) is 24.3 Å². The number of primary amides is 1. The summed E-state index contributed by atoms with van der Waals surface area (Å²) in [7, 11) is 0. The number of ether oxygens (including phenoxy) is 1. The van der Waals surface area contributed by atoms with Crippen molar-refractivity contribution in [3.8, 4) is 5.75 Å². The third-order valence-electron chi connectivity index (χ3n) is 5.66. The Labute approximate surface area is 212 Å². The van der Waals surface area contributed by atoms with Crippen LogP contribution < -0.4 is 16.4 Å². The number of phenolic OH excluding ortho intramolecular Hbond substituents is 1. The van der Waals surface area contributed by atoms with Gasteiger partial charge in [0.05, 0.1) is 0 Å². The van der Waals surface area contributed by atoms with Gasteiger partial charge in [-0.1, -0.05) is 31.9 Å². The first-order valence-electron chi connectivity index (χ1n) is 12.6. The van der Waals surface area contributed by atoms with Crippen LogP contribution in [-0.4, -0.2) is 58.1 Å². The van der Waals surface area contributed by atoms with E-state index < -0.39 is 35.6 Å². The Morgan fingerprint density at radius 3 is 2.44 bits per heavy atom. The Balaban J connectivity index is 2.38. The van der Waals surface area contributed by atoms with E-state index in [-0.39, 0.29) is 30.5 Å². The van der Waals surface area contributed by atoms with Gasteiger partial charge in [-0.05, 0) is 64.2 Å². The monoisotopic (exact) mass is 504 g/mol. The molecule has 0 heterocycles. The lowest BCUT2D eigenvalue weighted by Crippen LogP contribution is -2.54. The SMILES string of the molecule is CCCCCNC(=O)C(c1cccc(O)c1)N(C(=O)C(CCC(N)=O)NC(=O)OC(C)(C)C)C1CC1. The second kappa shape index (κ2) is 13.1. The van der Waals surface area contributed by atoms with E-state index in [4.69, 9.17) is 10.5 Å². The van der Waals surface area contributed by atoms with Crippen LogP contribution in [0.5, 0.6) is 5.75 Å². The summed E-state index contributed by atoms with van der Waals surface area (Å²) < 4.78 is 5.32. The molecule has 1 fully saturated rings. The molecule has 5 N–H and O–H groups in total. The molecular weight excluding hydrogens is 464 g/mol. The van der Waals surface area contributed by atoms with Gasteiger partial charge in [-0.2, -0.15) is 0 Å². The fraction of sp³-hybridized carbons (Fsp3) is 0.615. The molecule has 36 heavy (non-hydrogen) atoms. The van der Waals surface area contributed by atoms with E-state index in [2.05, 4.69) is 17.6 Å². The molecule has 2 rings (SSSR count). The Bertz CT molecular complexity index is 925. The lowest BCUT2D eigenvalue weighted by molar-refractivity contribution is -0.143. The van der Waals surface area contributed by atoms with E-state index in [1.54, 1.807) is 32.9 Å². The highest BCUT2D eigenvalue weighted by Crippen LogP contribution is 2.36. The molecule has 10 heteroatoms. The third kappa shape index (κ3) is 9.39. The summed E-state index contributed by atoms with van der Waals surface area (Å²) in [5.41, 5.74) is 4.98. The number of carbonyl (C=O) groups is 4. The van der Waals surface area contributed by atoms with Crippen LogP contribution in [0.2, 0.25) is 0 Å². The summed E-state index contributed by atoms with van der Waals surface area (Å²) in [5.74, 6) is -1.53. The van der Waals surface area contributed by atoms with Crippen molar-refractivity contribution in [3.05, 3.63) is 29.8 Å². The van der Waals surface area contributed by atoms with Crippen molar-refractivity contribution in [3.63, 3.8) is 0 Å². The van der Waals surface area contributed by atoms with Gasteiger partial charge in [-0.3, -0.25) is 14.4 Å². The van der Waals surface area contributed by atoms with Crippen molar-refractivity contribution in [2.75, 3.05) is 6.54 Å². The second-order valence-electron chi connectivity index (χ2n) is 10.2. The van der Waals surface area contributed by atoms with Gasteiger partial charge in [0.1, 0.15) is 23.4 Å².